The zero-order valence-electron chi connectivity index (χ0n) is 11.1. The third kappa shape index (κ3) is 1.46. The fourth-order valence-corrected chi connectivity index (χ4v) is 2.86. The minimum Gasteiger partial charge on any atom is -0.295 e. The molecule has 1 N–H and O–H groups in total. The van der Waals surface area contributed by atoms with Gasteiger partial charge >= 0.3 is 0 Å². The predicted octanol–water partition coefficient (Wildman–Crippen LogP) is 2.48. The molecule has 100 valence electrons. The number of anilines is 1. The molecule has 0 spiro atoms. The summed E-state index contributed by atoms with van der Waals surface area (Å²) >= 11 is 0. The number of amides is 1. The lowest BCUT2D eigenvalue weighted by Gasteiger charge is -2.13. The first-order chi connectivity index (χ1) is 9.75. The van der Waals surface area contributed by atoms with Gasteiger partial charge in [-0.1, -0.05) is 31.2 Å². The van der Waals surface area contributed by atoms with E-state index in [0.29, 0.717) is 5.82 Å². The van der Waals surface area contributed by atoms with Gasteiger partial charge in [-0.05, 0) is 11.8 Å². The highest BCUT2D eigenvalue weighted by Gasteiger charge is 2.32. The molecule has 3 heterocycles. The summed E-state index contributed by atoms with van der Waals surface area (Å²) in [6, 6.07) is 8.04. The summed E-state index contributed by atoms with van der Waals surface area (Å²) in [4.78, 5) is 18.4. The molecule has 20 heavy (non-hydrogen) atoms. The van der Waals surface area contributed by atoms with Gasteiger partial charge in [0.25, 0.3) is 0 Å². The van der Waals surface area contributed by atoms with E-state index in [1.807, 2.05) is 37.4 Å². The van der Waals surface area contributed by atoms with Crippen molar-refractivity contribution in [2.45, 2.75) is 13.3 Å². The Morgan fingerprint density at radius 1 is 1.35 bits per heavy atom. The van der Waals surface area contributed by atoms with Crippen LogP contribution in [0.5, 0.6) is 0 Å². The third-order valence-electron chi connectivity index (χ3n) is 4.02. The second kappa shape index (κ2) is 4.03. The van der Waals surface area contributed by atoms with Crippen LogP contribution in [0.3, 0.4) is 0 Å². The Labute approximate surface area is 115 Å². The Morgan fingerprint density at radius 3 is 3.00 bits per heavy atom. The quantitative estimate of drug-likeness (QED) is 0.736. The second-order valence-electron chi connectivity index (χ2n) is 5.30. The van der Waals surface area contributed by atoms with Crippen LogP contribution in [-0.4, -0.2) is 27.6 Å². The van der Waals surface area contributed by atoms with Crippen LogP contribution in [0.2, 0.25) is 0 Å². The maximum Gasteiger partial charge on any atom is 0.231 e. The number of rotatable bonds is 1. The molecule has 3 aromatic rings. The average molecular weight is 266 g/mol. The lowest BCUT2D eigenvalue weighted by atomic mass is 10.1. The van der Waals surface area contributed by atoms with E-state index in [1.54, 1.807) is 4.90 Å². The number of benzene rings is 1. The van der Waals surface area contributed by atoms with Gasteiger partial charge in [-0.2, -0.15) is 5.10 Å². The predicted molar refractivity (Wildman–Crippen MR) is 77.5 cm³/mol. The molecule has 2 aromatic heterocycles. The summed E-state index contributed by atoms with van der Waals surface area (Å²) < 4.78 is 0. The van der Waals surface area contributed by atoms with Crippen molar-refractivity contribution in [3.63, 3.8) is 0 Å². The van der Waals surface area contributed by atoms with Crippen LogP contribution in [0.1, 0.15) is 13.3 Å². The number of carbonyl (C=O) groups excluding carboxylic acids is 1. The van der Waals surface area contributed by atoms with Crippen LogP contribution in [0.15, 0.2) is 30.5 Å². The molecule has 1 unspecified atom stereocenters. The highest BCUT2D eigenvalue weighted by atomic mass is 16.2. The maximum absolute atomic E-state index is 12.2. The van der Waals surface area contributed by atoms with Gasteiger partial charge in [0.05, 0.1) is 5.39 Å². The smallest absolute Gasteiger partial charge is 0.231 e. The Hall–Kier alpha value is -2.43. The van der Waals surface area contributed by atoms with Crippen molar-refractivity contribution in [3.8, 4) is 0 Å². The van der Waals surface area contributed by atoms with E-state index in [0.717, 1.165) is 34.8 Å². The van der Waals surface area contributed by atoms with E-state index in [2.05, 4.69) is 15.2 Å². The van der Waals surface area contributed by atoms with Gasteiger partial charge in [-0.3, -0.25) is 14.8 Å². The molecule has 1 aliphatic rings. The second-order valence-corrected chi connectivity index (χ2v) is 5.30. The fourth-order valence-electron chi connectivity index (χ4n) is 2.86. The molecule has 1 amide bonds. The molecule has 5 nitrogen and oxygen atoms in total. The maximum atomic E-state index is 12.2. The van der Waals surface area contributed by atoms with Crippen molar-refractivity contribution in [1.82, 2.24) is 15.2 Å². The first kappa shape index (κ1) is 11.4. The molecule has 1 aliphatic heterocycles. The number of carbonyl (C=O) groups is 1. The van der Waals surface area contributed by atoms with E-state index < -0.39 is 0 Å². The minimum atomic E-state index is 0.0738. The topological polar surface area (TPSA) is 61.9 Å². The van der Waals surface area contributed by atoms with Crippen LogP contribution < -0.4 is 4.90 Å². The number of hydrogen-bond donors (Lipinski definition) is 1. The summed E-state index contributed by atoms with van der Waals surface area (Å²) in [5.74, 6) is 0.926. The molecule has 0 saturated carbocycles. The number of fused-ring (bicyclic) bond motifs is 3. The zero-order valence-corrected chi connectivity index (χ0v) is 11.1. The van der Waals surface area contributed by atoms with Crippen LogP contribution in [0.25, 0.3) is 21.8 Å². The van der Waals surface area contributed by atoms with Gasteiger partial charge in [-0.15, -0.1) is 0 Å². The molecule has 0 radical (unpaired) electrons. The van der Waals surface area contributed by atoms with Crippen molar-refractivity contribution in [2.75, 3.05) is 11.4 Å². The summed E-state index contributed by atoms with van der Waals surface area (Å²) in [6.07, 6.45) is 2.71. The molecular formula is C15H14N4O. The van der Waals surface area contributed by atoms with Gasteiger partial charge in [0.15, 0.2) is 11.5 Å². The van der Waals surface area contributed by atoms with Crippen LogP contribution in [0, 0.1) is 5.92 Å². The number of nitrogens with one attached hydrogen (secondary N) is 1. The first-order valence-corrected chi connectivity index (χ1v) is 6.79. The average Bonchev–Trinajstić information content (AvgIpc) is 3.04. The minimum absolute atomic E-state index is 0.0738. The first-order valence-electron chi connectivity index (χ1n) is 6.79. The number of nitrogens with zero attached hydrogens (tertiary/aromatic N) is 3. The van der Waals surface area contributed by atoms with Gasteiger partial charge in [0.2, 0.25) is 5.91 Å². The lowest BCUT2D eigenvalue weighted by Crippen LogP contribution is -2.26. The summed E-state index contributed by atoms with van der Waals surface area (Å²) in [6.45, 7) is 2.69. The zero-order chi connectivity index (χ0) is 13.7. The van der Waals surface area contributed by atoms with Gasteiger partial charge in [0, 0.05) is 24.0 Å². The molecule has 0 bridgehead atoms. The largest absolute Gasteiger partial charge is 0.295 e. The standard InChI is InChI=1S/C15H14N4O/c1-9-6-7-19(15(9)20)14-12-11-5-3-2-4-10(11)8-16-13(12)17-18-14/h2-5,8-9H,6-7H2,1H3,(H,16,17,18). The molecule has 1 saturated heterocycles. The summed E-state index contributed by atoms with van der Waals surface area (Å²) in [5.41, 5.74) is 0.728. The molecule has 5 heteroatoms. The SMILES string of the molecule is CC1CCN(c2n[nH]c3ncc4ccccc4c23)C1=O. The van der Waals surface area contributed by atoms with Crippen LogP contribution in [0.4, 0.5) is 5.82 Å². The van der Waals surface area contributed by atoms with Crippen molar-refractivity contribution < 1.29 is 4.79 Å². The number of aromatic amines is 1. The molecule has 4 rings (SSSR count). The third-order valence-corrected chi connectivity index (χ3v) is 4.02. The highest BCUT2D eigenvalue weighted by molar-refractivity contribution is 6.13. The molecule has 1 fully saturated rings. The van der Waals surface area contributed by atoms with Crippen molar-refractivity contribution >= 4 is 33.5 Å². The van der Waals surface area contributed by atoms with E-state index in [-0.39, 0.29) is 11.8 Å². The number of H-pyrrole nitrogens is 1. The van der Waals surface area contributed by atoms with Gasteiger partial charge in [-0.25, -0.2) is 4.98 Å². The van der Waals surface area contributed by atoms with E-state index >= 15 is 0 Å². The Kier molecular flexibility index (Phi) is 2.30. The number of aromatic nitrogens is 3. The van der Waals surface area contributed by atoms with E-state index in [1.165, 1.54) is 0 Å². The highest BCUT2D eigenvalue weighted by Crippen LogP contribution is 2.33. The van der Waals surface area contributed by atoms with Crippen molar-refractivity contribution in [3.05, 3.63) is 30.5 Å². The van der Waals surface area contributed by atoms with E-state index in [4.69, 9.17) is 0 Å². The summed E-state index contributed by atoms with van der Waals surface area (Å²) in [7, 11) is 0. The van der Waals surface area contributed by atoms with Gasteiger partial charge < -0.3 is 0 Å². The Morgan fingerprint density at radius 2 is 2.20 bits per heavy atom. The Balaban J connectivity index is 2.01. The van der Waals surface area contributed by atoms with Gasteiger partial charge in [0.1, 0.15) is 0 Å². The van der Waals surface area contributed by atoms with E-state index in [9.17, 15) is 4.79 Å². The normalized spacial score (nSPS) is 19.4. The van der Waals surface area contributed by atoms with Crippen LogP contribution >= 0.6 is 0 Å². The lowest BCUT2D eigenvalue weighted by molar-refractivity contribution is -0.119. The van der Waals surface area contributed by atoms with Crippen molar-refractivity contribution in [2.24, 2.45) is 5.92 Å². The van der Waals surface area contributed by atoms with Crippen molar-refractivity contribution in [1.29, 1.82) is 0 Å². The van der Waals surface area contributed by atoms with Crippen LogP contribution in [-0.2, 0) is 4.79 Å². The summed E-state index contributed by atoms with van der Waals surface area (Å²) in [5, 5.41) is 10.3. The monoisotopic (exact) mass is 266 g/mol. The molecule has 1 atom stereocenters. The molecular weight excluding hydrogens is 252 g/mol. The molecule has 1 aromatic carbocycles. The number of pyridine rings is 1. The number of hydrogen-bond acceptors (Lipinski definition) is 3. The Bertz CT molecular complexity index is 823. The molecule has 0 aliphatic carbocycles. The fraction of sp³-hybridized carbons (Fsp3) is 0.267.